The van der Waals surface area contributed by atoms with Crippen LogP contribution in [0.1, 0.15) is 22.2 Å². The Bertz CT molecular complexity index is 950. The fraction of sp³-hybridized carbons (Fsp3) is 0.227. The molecule has 0 aliphatic carbocycles. The number of hydrogen-bond acceptors (Lipinski definition) is 1. The highest BCUT2D eigenvalue weighted by molar-refractivity contribution is 5.70. The van der Waals surface area contributed by atoms with Crippen molar-refractivity contribution in [3.63, 3.8) is 0 Å². The Kier molecular flexibility index (Phi) is 4.17. The molecular formula is C22H20F3N. The smallest absolute Gasteiger partial charge is 0.256 e. The van der Waals surface area contributed by atoms with Crippen molar-refractivity contribution in [2.45, 2.75) is 26.4 Å². The van der Waals surface area contributed by atoms with Gasteiger partial charge in [0.25, 0.3) is 0 Å². The molecule has 0 bridgehead atoms. The summed E-state index contributed by atoms with van der Waals surface area (Å²) in [6.45, 7) is 1.77. The number of halogens is 3. The van der Waals surface area contributed by atoms with Gasteiger partial charge >= 0.3 is 6.18 Å². The number of alkyl halides is 3. The third-order valence-corrected chi connectivity index (χ3v) is 4.21. The molecule has 0 aliphatic heterocycles. The lowest BCUT2D eigenvalue weighted by atomic mass is 9.85. The van der Waals surface area contributed by atoms with Crippen LogP contribution in [0.3, 0.4) is 0 Å². The monoisotopic (exact) mass is 357 g/mol. The summed E-state index contributed by atoms with van der Waals surface area (Å²) < 4.78 is 56.1. The zero-order valence-electron chi connectivity index (χ0n) is 16.5. The second-order valence-corrected chi connectivity index (χ2v) is 6.62. The van der Waals surface area contributed by atoms with Crippen LogP contribution in [0.25, 0.3) is 22.4 Å². The van der Waals surface area contributed by atoms with E-state index in [-0.39, 0.29) is 5.56 Å². The highest BCUT2D eigenvalue weighted by atomic mass is 19.4. The Morgan fingerprint density at radius 3 is 2.12 bits per heavy atom. The fourth-order valence-electron chi connectivity index (χ4n) is 2.55. The number of hydrogen-bond donors (Lipinski definition) is 0. The van der Waals surface area contributed by atoms with Crippen molar-refractivity contribution in [3.05, 3.63) is 78.5 Å². The lowest BCUT2D eigenvalue weighted by molar-refractivity contribution is -0.211. The van der Waals surface area contributed by atoms with Crippen LogP contribution in [0.4, 0.5) is 13.2 Å². The molecule has 2 aromatic carbocycles. The minimum Gasteiger partial charge on any atom is -0.256 e. The molecule has 1 nitrogen and oxygen atoms in total. The molecule has 4 heteroatoms. The first kappa shape index (κ1) is 15.6. The van der Waals surface area contributed by atoms with Gasteiger partial charge in [-0.25, -0.2) is 0 Å². The zero-order valence-corrected chi connectivity index (χ0v) is 14.5. The molecule has 0 amide bonds. The van der Waals surface area contributed by atoms with Crippen LogP contribution in [-0.4, -0.2) is 11.2 Å². The van der Waals surface area contributed by atoms with Gasteiger partial charge in [0, 0.05) is 14.5 Å². The van der Waals surface area contributed by atoms with Crippen molar-refractivity contribution in [1.82, 2.24) is 4.98 Å². The molecule has 0 saturated carbocycles. The maximum absolute atomic E-state index is 13.3. The molecule has 1 heterocycles. The van der Waals surface area contributed by atoms with E-state index in [0.717, 1.165) is 36.2 Å². The molecule has 0 saturated heterocycles. The Hall–Kier alpha value is -2.62. The van der Waals surface area contributed by atoms with Gasteiger partial charge in [-0.15, -0.1) is 0 Å². The summed E-state index contributed by atoms with van der Waals surface area (Å²) in [5.74, 6) is 0. The van der Waals surface area contributed by atoms with Gasteiger partial charge in [0.1, 0.15) is 0 Å². The van der Waals surface area contributed by atoms with E-state index in [0.29, 0.717) is 0 Å². The highest BCUT2D eigenvalue weighted by Gasteiger charge is 2.46. The molecule has 1 aromatic heterocycles. The summed E-state index contributed by atoms with van der Waals surface area (Å²) in [5, 5.41) is 0. The van der Waals surface area contributed by atoms with Crippen LogP contribution in [0.5, 0.6) is 0 Å². The van der Waals surface area contributed by atoms with Gasteiger partial charge < -0.3 is 0 Å². The minimum absolute atomic E-state index is 0.00378. The number of pyridine rings is 1. The van der Waals surface area contributed by atoms with Crippen LogP contribution in [-0.2, 0) is 6.37 Å². The van der Waals surface area contributed by atoms with Crippen molar-refractivity contribution in [1.29, 1.82) is 0 Å². The lowest BCUT2D eigenvalue weighted by Crippen LogP contribution is -2.34. The molecule has 0 unspecified atom stereocenters. The molecule has 0 fully saturated rings. The lowest BCUT2D eigenvalue weighted by Gasteiger charge is -2.27. The summed E-state index contributed by atoms with van der Waals surface area (Å²) in [4.78, 5) is 4.37. The molecule has 0 atom stereocenters. The third-order valence-electron chi connectivity index (χ3n) is 4.21. The standard InChI is InChI=1S/C22H20F3N/c1-21(2,22(23,24)25)15-16-8-10-17(11-9-16)19-12-13-26-20(14-19)18-6-4-3-5-7-18/h3-14H,15H2,1-2H3/i15D2. The van der Waals surface area contributed by atoms with Gasteiger partial charge in [0.15, 0.2) is 0 Å². The number of rotatable bonds is 4. The molecular weight excluding hydrogens is 335 g/mol. The number of benzene rings is 2. The van der Waals surface area contributed by atoms with Crippen LogP contribution in [0.15, 0.2) is 72.9 Å². The van der Waals surface area contributed by atoms with Crippen molar-refractivity contribution in [3.8, 4) is 22.4 Å². The normalized spacial score (nSPS) is 13.9. The molecule has 0 aliphatic rings. The Morgan fingerprint density at radius 1 is 0.846 bits per heavy atom. The molecule has 3 rings (SSSR count). The van der Waals surface area contributed by atoms with E-state index >= 15 is 0 Å². The summed E-state index contributed by atoms with van der Waals surface area (Å²) in [5.41, 5.74) is 0.870. The highest BCUT2D eigenvalue weighted by Crippen LogP contribution is 2.40. The van der Waals surface area contributed by atoms with E-state index in [1.165, 1.54) is 12.1 Å². The second kappa shape index (κ2) is 6.94. The summed E-state index contributed by atoms with van der Waals surface area (Å²) in [6, 6.07) is 19.5. The first-order valence-corrected chi connectivity index (χ1v) is 8.23. The van der Waals surface area contributed by atoms with Crippen molar-refractivity contribution >= 4 is 0 Å². The van der Waals surface area contributed by atoms with Gasteiger partial charge in [-0.1, -0.05) is 68.4 Å². The SMILES string of the molecule is [2H]C([2H])(c1ccc(-c2ccnc(-c3ccccc3)c2)cc1)C(C)(C)C(F)(F)F. The van der Waals surface area contributed by atoms with E-state index in [4.69, 9.17) is 2.74 Å². The Labute approximate surface area is 154 Å². The maximum atomic E-state index is 13.3. The van der Waals surface area contributed by atoms with E-state index in [1.54, 1.807) is 18.3 Å². The predicted molar refractivity (Wildman–Crippen MR) is 98.6 cm³/mol. The molecule has 0 spiro atoms. The molecule has 134 valence electrons. The van der Waals surface area contributed by atoms with Gasteiger partial charge in [-0.3, -0.25) is 4.98 Å². The second-order valence-electron chi connectivity index (χ2n) is 6.62. The number of aromatic nitrogens is 1. The van der Waals surface area contributed by atoms with Gasteiger partial charge in [0.05, 0.1) is 11.1 Å². The quantitative estimate of drug-likeness (QED) is 0.516. The van der Waals surface area contributed by atoms with Crippen LogP contribution >= 0.6 is 0 Å². The van der Waals surface area contributed by atoms with Crippen molar-refractivity contribution in [2.75, 3.05) is 0 Å². The first-order valence-electron chi connectivity index (χ1n) is 9.23. The van der Waals surface area contributed by atoms with Crippen molar-refractivity contribution in [2.24, 2.45) is 5.41 Å². The van der Waals surface area contributed by atoms with E-state index < -0.39 is 18.0 Å². The molecule has 0 radical (unpaired) electrons. The average molecular weight is 357 g/mol. The van der Waals surface area contributed by atoms with E-state index in [9.17, 15) is 13.2 Å². The third kappa shape index (κ3) is 3.96. The van der Waals surface area contributed by atoms with E-state index in [1.807, 2.05) is 42.5 Å². The topological polar surface area (TPSA) is 12.9 Å². The van der Waals surface area contributed by atoms with Gasteiger partial charge in [-0.05, 0) is 35.2 Å². The zero-order chi connectivity index (χ0) is 20.6. The van der Waals surface area contributed by atoms with Gasteiger partial charge in [0.2, 0.25) is 0 Å². The molecule has 26 heavy (non-hydrogen) atoms. The van der Waals surface area contributed by atoms with E-state index in [2.05, 4.69) is 4.98 Å². The average Bonchev–Trinajstić information content (AvgIpc) is 2.68. The summed E-state index contributed by atoms with van der Waals surface area (Å²) in [7, 11) is 0. The molecule has 3 aromatic rings. The fourth-order valence-corrected chi connectivity index (χ4v) is 2.55. The summed E-state index contributed by atoms with van der Waals surface area (Å²) in [6.07, 6.45) is -5.54. The predicted octanol–water partition coefficient (Wildman–Crippen LogP) is 6.55. The first-order chi connectivity index (χ1) is 13.0. The molecule has 0 N–H and O–H groups in total. The van der Waals surface area contributed by atoms with Crippen LogP contribution < -0.4 is 0 Å². The van der Waals surface area contributed by atoms with Gasteiger partial charge in [-0.2, -0.15) is 13.2 Å². The van der Waals surface area contributed by atoms with Crippen LogP contribution in [0.2, 0.25) is 0 Å². The largest absolute Gasteiger partial charge is 0.394 e. The minimum atomic E-state index is -4.66. The van der Waals surface area contributed by atoms with Crippen LogP contribution in [0, 0.1) is 5.41 Å². The van der Waals surface area contributed by atoms with Crippen molar-refractivity contribution < 1.29 is 15.9 Å². The Balaban J connectivity index is 1.94. The Morgan fingerprint density at radius 2 is 1.50 bits per heavy atom. The summed E-state index contributed by atoms with van der Waals surface area (Å²) >= 11 is 0. The number of nitrogens with zero attached hydrogens (tertiary/aromatic N) is 1. The maximum Gasteiger partial charge on any atom is 0.394 e.